The van der Waals surface area contributed by atoms with Gasteiger partial charge in [-0.1, -0.05) is 18.2 Å². The van der Waals surface area contributed by atoms with E-state index < -0.39 is 11.7 Å². The van der Waals surface area contributed by atoms with Gasteiger partial charge < -0.3 is 14.5 Å². The van der Waals surface area contributed by atoms with E-state index in [1.54, 1.807) is 12.1 Å². The topological polar surface area (TPSA) is 68.5 Å². The van der Waals surface area contributed by atoms with Crippen molar-refractivity contribution in [1.29, 1.82) is 0 Å². The maximum Gasteiger partial charge on any atom is 0.277 e. The molecule has 0 radical (unpaired) electrons. The fourth-order valence-electron chi connectivity index (χ4n) is 2.69. The highest BCUT2D eigenvalue weighted by Gasteiger charge is 2.15. The summed E-state index contributed by atoms with van der Waals surface area (Å²) >= 11 is 0. The Morgan fingerprint density at radius 2 is 2.00 bits per heavy atom. The van der Waals surface area contributed by atoms with Crippen LogP contribution in [0.15, 0.2) is 67.1 Å². The second-order valence-corrected chi connectivity index (χ2v) is 5.83. The van der Waals surface area contributed by atoms with Gasteiger partial charge >= 0.3 is 0 Å². The van der Waals surface area contributed by atoms with Crippen molar-refractivity contribution in [3.05, 3.63) is 78.6 Å². The van der Waals surface area contributed by atoms with Crippen LogP contribution in [0.5, 0.6) is 5.75 Å². The second kappa shape index (κ2) is 6.87. The molecule has 6 nitrogen and oxygen atoms in total. The summed E-state index contributed by atoms with van der Waals surface area (Å²) < 4.78 is 20.8. The lowest BCUT2D eigenvalue weighted by molar-refractivity contribution is 0.101. The summed E-state index contributed by atoms with van der Waals surface area (Å²) in [5.74, 6) is -1.12. The smallest absolute Gasteiger partial charge is 0.277 e. The van der Waals surface area contributed by atoms with Gasteiger partial charge in [0.1, 0.15) is 11.4 Å². The van der Waals surface area contributed by atoms with E-state index in [1.807, 2.05) is 47.1 Å². The van der Waals surface area contributed by atoms with Gasteiger partial charge in [-0.2, -0.15) is 0 Å². The molecular formula is C20H15FN4O2. The van der Waals surface area contributed by atoms with Crippen molar-refractivity contribution in [2.24, 2.45) is 0 Å². The number of pyridine rings is 2. The summed E-state index contributed by atoms with van der Waals surface area (Å²) in [7, 11) is 1.40. The number of carbonyl (C=O) groups excluding carboxylic acids is 1. The van der Waals surface area contributed by atoms with E-state index in [4.69, 9.17) is 4.74 Å². The number of fused-ring (bicyclic) bond motifs is 1. The lowest BCUT2D eigenvalue weighted by atomic mass is 10.1. The zero-order valence-corrected chi connectivity index (χ0v) is 14.4. The molecule has 27 heavy (non-hydrogen) atoms. The molecule has 0 aliphatic carbocycles. The van der Waals surface area contributed by atoms with Crippen LogP contribution in [-0.4, -0.2) is 27.4 Å². The maximum absolute atomic E-state index is 14.0. The van der Waals surface area contributed by atoms with Crippen LogP contribution in [0.3, 0.4) is 0 Å². The minimum atomic E-state index is -0.742. The van der Waals surface area contributed by atoms with E-state index in [2.05, 4.69) is 15.3 Å². The number of hydrogen-bond acceptors (Lipinski definition) is 4. The Morgan fingerprint density at radius 3 is 2.70 bits per heavy atom. The van der Waals surface area contributed by atoms with E-state index in [0.717, 1.165) is 23.0 Å². The molecule has 0 unspecified atom stereocenters. The molecule has 3 aromatic heterocycles. The zero-order chi connectivity index (χ0) is 18.8. The highest BCUT2D eigenvalue weighted by atomic mass is 19.1. The SMILES string of the molecule is COc1cnc(C(=O)Nc2ccc(-c3cn4ccccc4n3)cc2)c(F)c1. The van der Waals surface area contributed by atoms with E-state index in [0.29, 0.717) is 5.69 Å². The molecule has 0 saturated heterocycles. The van der Waals surface area contributed by atoms with Gasteiger partial charge in [0.15, 0.2) is 11.5 Å². The number of halogens is 1. The number of methoxy groups -OCH3 is 1. The number of imidazole rings is 1. The average Bonchev–Trinajstić information content (AvgIpc) is 3.12. The first-order valence-electron chi connectivity index (χ1n) is 8.19. The fraction of sp³-hybridized carbons (Fsp3) is 0.0500. The van der Waals surface area contributed by atoms with Crippen molar-refractivity contribution in [1.82, 2.24) is 14.4 Å². The third kappa shape index (κ3) is 3.35. The van der Waals surface area contributed by atoms with Crippen molar-refractivity contribution < 1.29 is 13.9 Å². The monoisotopic (exact) mass is 362 g/mol. The standard InChI is InChI=1S/C20H15FN4O2/c1-27-15-10-16(21)19(22-11-15)20(26)23-14-7-5-13(6-8-14)17-12-25-9-3-2-4-18(25)24-17/h2-12H,1H3,(H,23,26). The Kier molecular flexibility index (Phi) is 4.25. The Morgan fingerprint density at radius 1 is 1.19 bits per heavy atom. The molecule has 0 aliphatic heterocycles. The van der Waals surface area contributed by atoms with Crippen molar-refractivity contribution in [3.63, 3.8) is 0 Å². The van der Waals surface area contributed by atoms with Crippen LogP contribution in [0.4, 0.5) is 10.1 Å². The summed E-state index contributed by atoms with van der Waals surface area (Å²) in [6.07, 6.45) is 5.15. The highest BCUT2D eigenvalue weighted by molar-refractivity contribution is 6.03. The predicted molar refractivity (Wildman–Crippen MR) is 99.3 cm³/mol. The fourth-order valence-corrected chi connectivity index (χ4v) is 2.69. The largest absolute Gasteiger partial charge is 0.495 e. The average molecular weight is 362 g/mol. The third-order valence-electron chi connectivity index (χ3n) is 4.07. The van der Waals surface area contributed by atoms with Gasteiger partial charge in [0, 0.05) is 29.7 Å². The van der Waals surface area contributed by atoms with Gasteiger partial charge in [-0.25, -0.2) is 14.4 Å². The minimum Gasteiger partial charge on any atom is -0.495 e. The number of benzene rings is 1. The third-order valence-corrected chi connectivity index (χ3v) is 4.07. The minimum absolute atomic E-state index is 0.251. The van der Waals surface area contributed by atoms with Gasteiger partial charge in [-0.05, 0) is 24.3 Å². The molecule has 4 rings (SSSR count). The number of nitrogens with one attached hydrogen (secondary N) is 1. The van der Waals surface area contributed by atoms with Crippen LogP contribution < -0.4 is 10.1 Å². The molecule has 0 aliphatic rings. The number of nitrogens with zero attached hydrogens (tertiary/aromatic N) is 3. The Balaban J connectivity index is 1.53. The summed E-state index contributed by atoms with van der Waals surface area (Å²) in [6.45, 7) is 0. The molecular weight excluding hydrogens is 347 g/mol. The maximum atomic E-state index is 14.0. The zero-order valence-electron chi connectivity index (χ0n) is 14.4. The lowest BCUT2D eigenvalue weighted by Gasteiger charge is -2.07. The molecule has 0 atom stereocenters. The van der Waals surface area contributed by atoms with Crippen LogP contribution >= 0.6 is 0 Å². The molecule has 1 N–H and O–H groups in total. The van der Waals surface area contributed by atoms with Crippen LogP contribution in [0, 0.1) is 5.82 Å². The number of hydrogen-bond donors (Lipinski definition) is 1. The first-order valence-corrected chi connectivity index (χ1v) is 8.19. The molecule has 4 aromatic rings. The van der Waals surface area contributed by atoms with E-state index in [1.165, 1.54) is 13.3 Å². The van der Waals surface area contributed by atoms with Gasteiger partial charge in [0.25, 0.3) is 5.91 Å². The van der Waals surface area contributed by atoms with Crippen LogP contribution in [-0.2, 0) is 0 Å². The number of amides is 1. The summed E-state index contributed by atoms with van der Waals surface area (Å²) in [5, 5.41) is 2.63. The summed E-state index contributed by atoms with van der Waals surface area (Å²) in [6, 6.07) is 14.1. The van der Waals surface area contributed by atoms with Crippen LogP contribution in [0.25, 0.3) is 16.9 Å². The first-order chi connectivity index (χ1) is 13.1. The quantitative estimate of drug-likeness (QED) is 0.600. The Hall–Kier alpha value is -3.74. The van der Waals surface area contributed by atoms with E-state index in [-0.39, 0.29) is 11.4 Å². The molecule has 0 bridgehead atoms. The molecule has 0 fully saturated rings. The number of ether oxygens (including phenoxy) is 1. The molecule has 3 heterocycles. The van der Waals surface area contributed by atoms with E-state index >= 15 is 0 Å². The number of aromatic nitrogens is 3. The molecule has 1 aromatic carbocycles. The highest BCUT2D eigenvalue weighted by Crippen LogP contribution is 2.22. The lowest BCUT2D eigenvalue weighted by Crippen LogP contribution is -2.15. The molecule has 1 amide bonds. The van der Waals surface area contributed by atoms with Crippen molar-refractivity contribution in [2.75, 3.05) is 12.4 Å². The Labute approximate surface area is 154 Å². The molecule has 7 heteroatoms. The van der Waals surface area contributed by atoms with E-state index in [9.17, 15) is 9.18 Å². The van der Waals surface area contributed by atoms with Gasteiger partial charge in [0.2, 0.25) is 0 Å². The second-order valence-electron chi connectivity index (χ2n) is 5.83. The molecule has 134 valence electrons. The Bertz CT molecular complexity index is 1090. The van der Waals surface area contributed by atoms with Gasteiger partial charge in [-0.3, -0.25) is 4.79 Å². The first kappa shape index (κ1) is 16.7. The van der Waals surface area contributed by atoms with Gasteiger partial charge in [-0.15, -0.1) is 0 Å². The summed E-state index contributed by atoms with van der Waals surface area (Å²) in [5.41, 5.74) is 2.82. The number of anilines is 1. The summed E-state index contributed by atoms with van der Waals surface area (Å²) in [4.78, 5) is 20.6. The normalized spacial score (nSPS) is 10.7. The predicted octanol–water partition coefficient (Wildman–Crippen LogP) is 3.80. The van der Waals surface area contributed by atoms with Gasteiger partial charge in [0.05, 0.1) is 19.0 Å². The van der Waals surface area contributed by atoms with Crippen LogP contribution in [0.1, 0.15) is 10.5 Å². The molecule has 0 spiro atoms. The number of carbonyl (C=O) groups is 1. The van der Waals surface area contributed by atoms with Crippen molar-refractivity contribution in [3.8, 4) is 17.0 Å². The molecule has 0 saturated carbocycles. The van der Waals surface area contributed by atoms with Crippen molar-refractivity contribution >= 4 is 17.2 Å². The van der Waals surface area contributed by atoms with Crippen LogP contribution in [0.2, 0.25) is 0 Å². The van der Waals surface area contributed by atoms with Crippen molar-refractivity contribution in [2.45, 2.75) is 0 Å². The number of rotatable bonds is 4.